The van der Waals surface area contributed by atoms with Crippen LogP contribution in [-0.2, 0) is 17.9 Å². The van der Waals surface area contributed by atoms with E-state index in [-0.39, 0.29) is 5.92 Å². The number of hydrogen-bond donors (Lipinski definition) is 2. The van der Waals surface area contributed by atoms with Crippen molar-refractivity contribution in [3.8, 4) is 0 Å². The molecule has 1 heterocycles. The maximum atomic E-state index is 11.2. The topological polar surface area (TPSA) is 54.3 Å². The lowest BCUT2D eigenvalue weighted by atomic mass is 10.0. The number of nitrogens with zero attached hydrogens (tertiary/aromatic N) is 1. The van der Waals surface area contributed by atoms with E-state index in [1.54, 1.807) is 0 Å². The van der Waals surface area contributed by atoms with Crippen molar-refractivity contribution < 1.29 is 9.90 Å². The van der Waals surface area contributed by atoms with Gasteiger partial charge in [0.1, 0.15) is 6.04 Å². The largest absolute Gasteiger partial charge is 0.480 e. The molecule has 0 radical (unpaired) electrons. The van der Waals surface area contributed by atoms with Gasteiger partial charge in [-0.25, -0.2) is 0 Å². The van der Waals surface area contributed by atoms with E-state index in [4.69, 9.17) is 0 Å². The fourth-order valence-corrected chi connectivity index (χ4v) is 2.55. The number of para-hydroxylation sites is 1. The lowest BCUT2D eigenvalue weighted by Gasteiger charge is -2.17. The fourth-order valence-electron chi connectivity index (χ4n) is 2.55. The van der Waals surface area contributed by atoms with Crippen LogP contribution in [0.3, 0.4) is 0 Å². The molecule has 0 spiro atoms. The molecule has 2 N–H and O–H groups in total. The number of fused-ring (bicyclic) bond motifs is 1. The van der Waals surface area contributed by atoms with Crippen molar-refractivity contribution in [1.82, 2.24) is 9.88 Å². The lowest BCUT2D eigenvalue weighted by Crippen LogP contribution is -2.40. The number of carboxylic acid groups (broad SMARTS) is 1. The third kappa shape index (κ3) is 2.85. The Hall–Kier alpha value is -1.81. The molecular formula is C16H22N2O2. The molecule has 0 saturated heterocycles. The second-order valence-corrected chi connectivity index (χ2v) is 5.40. The summed E-state index contributed by atoms with van der Waals surface area (Å²) in [6.45, 7) is 7.43. The number of nitrogens with one attached hydrogen (secondary N) is 1. The molecule has 4 heteroatoms. The van der Waals surface area contributed by atoms with Crippen molar-refractivity contribution in [3.63, 3.8) is 0 Å². The van der Waals surface area contributed by atoms with E-state index in [0.717, 1.165) is 12.1 Å². The second kappa shape index (κ2) is 6.09. The van der Waals surface area contributed by atoms with E-state index >= 15 is 0 Å². The van der Waals surface area contributed by atoms with Gasteiger partial charge in [-0.2, -0.15) is 0 Å². The lowest BCUT2D eigenvalue weighted by molar-refractivity contribution is -0.140. The van der Waals surface area contributed by atoms with Crippen molar-refractivity contribution in [2.24, 2.45) is 5.92 Å². The van der Waals surface area contributed by atoms with Crippen LogP contribution in [-0.4, -0.2) is 21.7 Å². The van der Waals surface area contributed by atoms with Crippen LogP contribution < -0.4 is 5.32 Å². The van der Waals surface area contributed by atoms with Crippen LogP contribution in [0.15, 0.2) is 30.5 Å². The Morgan fingerprint density at radius 1 is 1.35 bits per heavy atom. The first-order valence-corrected chi connectivity index (χ1v) is 7.07. The van der Waals surface area contributed by atoms with Gasteiger partial charge in [0.05, 0.1) is 0 Å². The highest BCUT2D eigenvalue weighted by molar-refractivity contribution is 5.84. The third-order valence-corrected chi connectivity index (χ3v) is 3.66. The van der Waals surface area contributed by atoms with Gasteiger partial charge in [-0.15, -0.1) is 0 Å². The summed E-state index contributed by atoms with van der Waals surface area (Å²) in [5.41, 5.74) is 2.34. The van der Waals surface area contributed by atoms with Crippen LogP contribution in [0.5, 0.6) is 0 Å². The number of rotatable bonds is 6. The van der Waals surface area contributed by atoms with Gasteiger partial charge in [-0.05, 0) is 24.5 Å². The Morgan fingerprint density at radius 3 is 2.65 bits per heavy atom. The number of benzene rings is 1. The highest BCUT2D eigenvalue weighted by atomic mass is 16.4. The van der Waals surface area contributed by atoms with E-state index in [2.05, 4.69) is 35.1 Å². The second-order valence-electron chi connectivity index (χ2n) is 5.40. The number of carboxylic acids is 1. The predicted molar refractivity (Wildman–Crippen MR) is 80.7 cm³/mol. The summed E-state index contributed by atoms with van der Waals surface area (Å²) in [5, 5.41) is 13.6. The number of hydrogen-bond acceptors (Lipinski definition) is 2. The van der Waals surface area contributed by atoms with Crippen molar-refractivity contribution in [1.29, 1.82) is 0 Å². The number of carbonyl (C=O) groups is 1. The number of aryl methyl sites for hydroxylation is 1. The van der Waals surface area contributed by atoms with E-state index < -0.39 is 12.0 Å². The van der Waals surface area contributed by atoms with Gasteiger partial charge in [-0.1, -0.05) is 32.0 Å². The van der Waals surface area contributed by atoms with E-state index in [1.165, 1.54) is 10.9 Å². The Balaban J connectivity index is 2.24. The fraction of sp³-hybridized carbons (Fsp3) is 0.438. The Morgan fingerprint density at radius 2 is 2.05 bits per heavy atom. The molecule has 0 fully saturated rings. The van der Waals surface area contributed by atoms with Gasteiger partial charge in [0, 0.05) is 30.2 Å². The standard InChI is InChI=1S/C16H22N2O2/c1-4-18-10-12(13-7-5-6-8-14(13)18)9-17-15(11(2)3)16(19)20/h5-8,10-11,15,17H,4,9H2,1-3H3,(H,19,20). The molecule has 1 aromatic heterocycles. The maximum absolute atomic E-state index is 11.2. The van der Waals surface area contributed by atoms with Crippen LogP contribution in [0, 0.1) is 5.92 Å². The smallest absolute Gasteiger partial charge is 0.320 e. The van der Waals surface area contributed by atoms with Crippen LogP contribution in [0.1, 0.15) is 26.3 Å². The van der Waals surface area contributed by atoms with Gasteiger partial charge >= 0.3 is 5.97 Å². The zero-order valence-electron chi connectivity index (χ0n) is 12.3. The first kappa shape index (κ1) is 14.6. The summed E-state index contributed by atoms with van der Waals surface area (Å²) < 4.78 is 2.19. The quantitative estimate of drug-likeness (QED) is 0.851. The highest BCUT2D eigenvalue weighted by Gasteiger charge is 2.21. The average Bonchev–Trinajstić information content (AvgIpc) is 2.77. The first-order chi connectivity index (χ1) is 9.54. The average molecular weight is 274 g/mol. The van der Waals surface area contributed by atoms with Crippen molar-refractivity contribution in [2.45, 2.75) is 39.9 Å². The molecule has 1 atom stereocenters. The van der Waals surface area contributed by atoms with E-state index in [0.29, 0.717) is 6.54 Å². The normalized spacial score (nSPS) is 13.0. The predicted octanol–water partition coefficient (Wildman–Crippen LogP) is 2.86. The van der Waals surface area contributed by atoms with Crippen LogP contribution >= 0.6 is 0 Å². The molecule has 20 heavy (non-hydrogen) atoms. The summed E-state index contributed by atoms with van der Waals surface area (Å²) in [7, 11) is 0. The minimum Gasteiger partial charge on any atom is -0.480 e. The van der Waals surface area contributed by atoms with Gasteiger partial charge in [0.2, 0.25) is 0 Å². The van der Waals surface area contributed by atoms with Crippen LogP contribution in [0.4, 0.5) is 0 Å². The maximum Gasteiger partial charge on any atom is 0.320 e. The molecule has 4 nitrogen and oxygen atoms in total. The molecule has 2 aromatic rings. The van der Waals surface area contributed by atoms with Crippen LogP contribution in [0.25, 0.3) is 10.9 Å². The van der Waals surface area contributed by atoms with Crippen molar-refractivity contribution >= 4 is 16.9 Å². The van der Waals surface area contributed by atoms with Gasteiger partial charge in [0.15, 0.2) is 0 Å². The molecule has 2 rings (SSSR count). The Labute approximate surface area is 119 Å². The summed E-state index contributed by atoms with van der Waals surface area (Å²) >= 11 is 0. The summed E-state index contributed by atoms with van der Waals surface area (Å²) in [6.07, 6.45) is 2.11. The Bertz CT molecular complexity index is 602. The molecule has 108 valence electrons. The minimum atomic E-state index is -0.792. The van der Waals surface area contributed by atoms with Gasteiger partial charge < -0.3 is 15.0 Å². The number of aliphatic carboxylic acids is 1. The third-order valence-electron chi connectivity index (χ3n) is 3.66. The Kier molecular flexibility index (Phi) is 4.45. The highest BCUT2D eigenvalue weighted by Crippen LogP contribution is 2.21. The molecule has 0 aliphatic rings. The van der Waals surface area contributed by atoms with Crippen molar-refractivity contribution in [3.05, 3.63) is 36.0 Å². The zero-order chi connectivity index (χ0) is 14.7. The molecule has 0 amide bonds. The SMILES string of the molecule is CCn1cc(CNC(C(=O)O)C(C)C)c2ccccc21. The summed E-state index contributed by atoms with van der Waals surface area (Å²) in [5.74, 6) is -0.730. The first-order valence-electron chi connectivity index (χ1n) is 7.07. The molecule has 0 aliphatic carbocycles. The van der Waals surface area contributed by atoms with Crippen LogP contribution in [0.2, 0.25) is 0 Å². The minimum absolute atomic E-state index is 0.0621. The summed E-state index contributed by atoms with van der Waals surface area (Å²) in [4.78, 5) is 11.2. The van der Waals surface area contributed by atoms with Gasteiger partial charge in [-0.3, -0.25) is 4.79 Å². The van der Waals surface area contributed by atoms with Crippen molar-refractivity contribution in [2.75, 3.05) is 0 Å². The molecule has 0 bridgehead atoms. The molecule has 1 unspecified atom stereocenters. The molecule has 0 saturated carbocycles. The molecular weight excluding hydrogens is 252 g/mol. The molecule has 1 aromatic carbocycles. The molecule has 0 aliphatic heterocycles. The van der Waals surface area contributed by atoms with E-state index in [1.807, 2.05) is 26.0 Å². The zero-order valence-corrected chi connectivity index (χ0v) is 12.3. The van der Waals surface area contributed by atoms with Gasteiger partial charge in [0.25, 0.3) is 0 Å². The van der Waals surface area contributed by atoms with E-state index in [9.17, 15) is 9.90 Å². The monoisotopic (exact) mass is 274 g/mol. The summed E-state index contributed by atoms with van der Waals surface area (Å²) in [6, 6.07) is 7.71. The number of aromatic nitrogens is 1.